The molecule has 1 aromatic rings. The monoisotopic (exact) mass is 1450 g/mol. The average Bonchev–Trinajstić information content (AvgIpc) is 1.82. The molecule has 0 saturated heterocycles. The van der Waals surface area contributed by atoms with Crippen LogP contribution in [-0.4, -0.2) is 108 Å². The normalized spacial score (nSPS) is 23.7. The van der Waals surface area contributed by atoms with Crippen molar-refractivity contribution in [3.05, 3.63) is 254 Å². The molecular weight excluding hydrogens is 1340 g/mol. The van der Waals surface area contributed by atoms with E-state index in [0.29, 0.717) is 44.6 Å². The number of allylic oxidation sites excluding steroid dienone is 14. The molecule has 105 heavy (non-hydrogen) atoms. The summed E-state index contributed by atoms with van der Waals surface area (Å²) in [5, 5.41) is 28.1. The Kier molecular flexibility index (Phi) is 35.8. The fourth-order valence-electron chi connectivity index (χ4n) is 10.4. The van der Waals surface area contributed by atoms with Gasteiger partial charge in [0.25, 0.3) is 37.7 Å². The fourth-order valence-corrected chi connectivity index (χ4v) is 10.4. The first-order valence-electron chi connectivity index (χ1n) is 34.5. The van der Waals surface area contributed by atoms with E-state index in [2.05, 4.69) is 60.3 Å². The molecule has 0 amide bonds. The van der Waals surface area contributed by atoms with E-state index in [9.17, 15) is 39.0 Å². The van der Waals surface area contributed by atoms with Crippen molar-refractivity contribution in [1.82, 2.24) is 0 Å². The lowest BCUT2D eigenvalue weighted by Gasteiger charge is -2.35. The Hall–Kier alpha value is -10.2. The highest BCUT2D eigenvalue weighted by Gasteiger charge is 2.33. The second kappa shape index (κ2) is 43.1. The predicted molar refractivity (Wildman–Crippen MR) is 400 cm³/mol. The van der Waals surface area contributed by atoms with Crippen molar-refractivity contribution in [3.63, 3.8) is 0 Å². The lowest BCUT2D eigenvalue weighted by atomic mass is 9.71. The van der Waals surface area contributed by atoms with Crippen LogP contribution in [0.25, 0.3) is 6.08 Å². The topological polar surface area (TPSA) is 274 Å². The molecule has 21 heteroatoms. The predicted octanol–water partition coefficient (Wildman–Crippen LogP) is 16.0. The van der Waals surface area contributed by atoms with Gasteiger partial charge >= 0.3 is 35.8 Å². The summed E-state index contributed by atoms with van der Waals surface area (Å²) in [4.78, 5) is 66.4. The van der Waals surface area contributed by atoms with E-state index in [4.69, 9.17) is 61.9 Å². The zero-order valence-electron chi connectivity index (χ0n) is 63.9. The van der Waals surface area contributed by atoms with E-state index in [1.54, 1.807) is 110 Å². The molecule has 568 valence electrons. The summed E-state index contributed by atoms with van der Waals surface area (Å²) in [7, 11) is 0. The lowest BCUT2D eigenvalue weighted by molar-refractivity contribution is -0.153. The second-order valence-electron chi connectivity index (χ2n) is 27.2. The molecule has 0 fully saturated rings. The van der Waals surface area contributed by atoms with Crippen LogP contribution >= 0.6 is 0 Å². The van der Waals surface area contributed by atoms with Gasteiger partial charge in [-0.1, -0.05) is 130 Å². The van der Waals surface area contributed by atoms with Crippen LogP contribution in [0.1, 0.15) is 162 Å². The summed E-state index contributed by atoms with van der Waals surface area (Å²) in [5.74, 6) is -2.02. The standard InChI is InChI=1S/2C19H26O4.C16H16O3.C11H14O3.C10H12O3.C9H12O4/c1-12(11-22-17-9-14(3)18(21)23-17)6-7-16-13(2)8-15(20)10-19(16,4)5;1-13-6-5-9-19(3,4)16(13)8-7-15(11-20)12-22-17-10-14(2)18(21)23-17;1-12(8-9-14-6-4-3-5-7-14)11-18-15-10-13(2)16(17)19-15;1-4-5-8(2)7-13-10-6-9(3)11(12)14-10;1-4-7(2)6-12-9-5-8(3)10(11)13-9;1-6(4-10)5-12-8-3-7(2)9(11)13-8/h6-7,9,11,15,17,20H,8,10H2,1-5H3;7-8,10,12,17,20H,5-6,9,11H2,1-4H3;3-11,15H,1-2H3;4-7,10H,1-3H3;4-6,9H,1H2,2-3H3;3,5,8,10H,4H2,1-2H3/b7-6+,12-11-;8-7+,15-12+;9-8+,12-11-;5-4+,8-7-;7-6-;6-5-. The molecule has 21 nitrogen and oxygen atoms in total. The molecule has 0 saturated carbocycles. The summed E-state index contributed by atoms with van der Waals surface area (Å²) >= 11 is 0. The Morgan fingerprint density at radius 2 is 0.819 bits per heavy atom. The Bertz CT molecular complexity index is 3850. The van der Waals surface area contributed by atoms with Crippen LogP contribution in [0.2, 0.25) is 0 Å². The second-order valence-corrected chi connectivity index (χ2v) is 27.2. The largest absolute Gasteiger partial charge is 0.459 e. The Morgan fingerprint density at radius 3 is 1.16 bits per heavy atom. The molecular formula is C84H106O21. The van der Waals surface area contributed by atoms with Gasteiger partial charge in [-0.15, -0.1) is 0 Å². The zero-order chi connectivity index (χ0) is 78.1. The lowest BCUT2D eigenvalue weighted by Crippen LogP contribution is -2.28. The number of carbonyl (C=O) groups excluding carboxylic acids is 6. The first kappa shape index (κ1) is 87.2. The van der Waals surface area contributed by atoms with Gasteiger partial charge in [-0.3, -0.25) is 0 Å². The number of hydrogen-bond donors (Lipinski definition) is 3. The minimum absolute atomic E-state index is 0.0414. The van der Waals surface area contributed by atoms with E-state index in [-0.39, 0.29) is 66.0 Å². The van der Waals surface area contributed by atoms with E-state index in [1.807, 2.05) is 101 Å². The van der Waals surface area contributed by atoms with Gasteiger partial charge in [-0.2, -0.15) is 0 Å². The van der Waals surface area contributed by atoms with Crippen LogP contribution in [-0.2, 0) is 85.6 Å². The molecule has 0 spiro atoms. The van der Waals surface area contributed by atoms with Crippen molar-refractivity contribution >= 4 is 41.9 Å². The highest BCUT2D eigenvalue weighted by molar-refractivity contribution is 5.92. The number of rotatable bonds is 22. The summed E-state index contributed by atoms with van der Waals surface area (Å²) in [6.07, 6.45) is 37.4. The Balaban J connectivity index is 0.000000271. The number of cyclic esters (lactones) is 6. The van der Waals surface area contributed by atoms with Crippen molar-refractivity contribution in [2.45, 2.75) is 201 Å². The molecule has 0 bridgehead atoms. The van der Waals surface area contributed by atoms with Gasteiger partial charge in [0.2, 0.25) is 0 Å². The fraction of sp³-hybridized carbons (Fsp3) is 0.405. The minimum atomic E-state index is -0.704. The number of hydrogen-bond acceptors (Lipinski definition) is 21. The summed E-state index contributed by atoms with van der Waals surface area (Å²) < 4.78 is 61.1. The number of carbonyl (C=O) groups is 6. The zero-order valence-corrected chi connectivity index (χ0v) is 63.9. The molecule has 6 aliphatic heterocycles. The van der Waals surface area contributed by atoms with Crippen LogP contribution in [0.5, 0.6) is 0 Å². The minimum Gasteiger partial charge on any atom is -0.459 e. The van der Waals surface area contributed by atoms with E-state index < -0.39 is 37.7 Å². The van der Waals surface area contributed by atoms with Gasteiger partial charge in [-0.05, 0) is 184 Å². The molecule has 2 aliphatic carbocycles. The number of esters is 6. The highest BCUT2D eigenvalue weighted by Crippen LogP contribution is 2.42. The van der Waals surface area contributed by atoms with Crippen molar-refractivity contribution in [2.75, 3.05) is 13.2 Å². The molecule has 8 aliphatic rings. The molecule has 3 N–H and O–H groups in total. The van der Waals surface area contributed by atoms with E-state index in [0.717, 1.165) is 47.1 Å². The average molecular weight is 1450 g/mol. The highest BCUT2D eigenvalue weighted by atomic mass is 16.7. The van der Waals surface area contributed by atoms with Crippen molar-refractivity contribution in [2.24, 2.45) is 10.8 Å². The van der Waals surface area contributed by atoms with Crippen LogP contribution < -0.4 is 0 Å². The van der Waals surface area contributed by atoms with Crippen LogP contribution in [0.15, 0.2) is 249 Å². The first-order chi connectivity index (χ1) is 49.6. The van der Waals surface area contributed by atoms with Gasteiger partial charge in [0.1, 0.15) is 0 Å². The number of ether oxygens (including phenoxy) is 12. The van der Waals surface area contributed by atoms with Gasteiger partial charge in [0.15, 0.2) is 0 Å². The van der Waals surface area contributed by atoms with Gasteiger partial charge in [0.05, 0.1) is 56.9 Å². The first-order valence-corrected chi connectivity index (χ1v) is 34.5. The third-order valence-corrected chi connectivity index (χ3v) is 16.4. The molecule has 7 unspecified atom stereocenters. The third-order valence-electron chi connectivity index (χ3n) is 16.4. The summed E-state index contributed by atoms with van der Waals surface area (Å²) in [5.41, 5.74) is 14.9. The Morgan fingerprint density at radius 1 is 0.467 bits per heavy atom. The van der Waals surface area contributed by atoms with E-state index >= 15 is 0 Å². The van der Waals surface area contributed by atoms with Crippen molar-refractivity contribution in [3.8, 4) is 0 Å². The maximum atomic E-state index is 11.3. The maximum Gasteiger partial charge on any atom is 0.336 e. The summed E-state index contributed by atoms with van der Waals surface area (Å²) in [6.45, 7) is 37.8. The molecule has 0 radical (unpaired) electrons. The van der Waals surface area contributed by atoms with Crippen LogP contribution in [0.4, 0.5) is 0 Å². The smallest absolute Gasteiger partial charge is 0.336 e. The van der Waals surface area contributed by atoms with Crippen molar-refractivity contribution in [1.29, 1.82) is 0 Å². The van der Waals surface area contributed by atoms with Gasteiger partial charge in [-0.25, -0.2) is 28.8 Å². The summed E-state index contributed by atoms with van der Waals surface area (Å²) in [6, 6.07) is 10.00. The number of benzene rings is 1. The molecule has 7 atom stereocenters. The van der Waals surface area contributed by atoms with Crippen LogP contribution in [0.3, 0.4) is 0 Å². The molecule has 9 rings (SSSR count). The number of aliphatic hydroxyl groups excluding tert-OH is 3. The maximum absolute atomic E-state index is 11.3. The van der Waals surface area contributed by atoms with Crippen LogP contribution in [0, 0.1) is 10.8 Å². The Labute approximate surface area is 618 Å². The molecule has 0 aromatic heterocycles. The quantitative estimate of drug-likeness (QED) is 0.0421. The van der Waals surface area contributed by atoms with Gasteiger partial charge < -0.3 is 72.2 Å². The van der Waals surface area contributed by atoms with E-state index in [1.165, 1.54) is 53.9 Å². The molecule has 6 heterocycles. The van der Waals surface area contributed by atoms with Crippen molar-refractivity contribution < 1.29 is 101 Å². The third kappa shape index (κ3) is 30.9. The van der Waals surface area contributed by atoms with Gasteiger partial charge in [0, 0.05) is 75.5 Å². The SMILES string of the molecule is C/C=C/C(C)=C\OC1C=C(C)C(=O)O1.C=C/C(C)=C\OC1C=C(C)C(=O)O1.CC1=CC(O/C=C(/C)CO)OC1=O.CC1=CC(O/C=C(C)\C=C\C2=C(C)CC(O)CC2(C)C)OC1=O.CC1=CC(O/C=C(C)\C=C\c2ccccc2)OC1=O.CC1=CC(O/C=C(\C=C\C2=C(C)CCCC2(C)C)CO)OC1=O. The molecule has 1 aromatic carbocycles. The number of aliphatic hydroxyl groups is 3.